The maximum absolute atomic E-state index is 13.4. The first-order chi connectivity index (χ1) is 13.7. The molecule has 2 N–H and O–H groups in total. The molecule has 2 aromatic carbocycles. The number of fused-ring (bicyclic) bond motifs is 1. The first-order valence-corrected chi connectivity index (χ1v) is 10.6. The molecule has 1 aromatic heterocycles. The van der Waals surface area contributed by atoms with Gasteiger partial charge in [-0.2, -0.15) is 0 Å². The summed E-state index contributed by atoms with van der Waals surface area (Å²) in [5.74, 6) is 0.453. The van der Waals surface area contributed by atoms with Crippen LogP contribution in [0.15, 0.2) is 77.3 Å². The zero-order chi connectivity index (χ0) is 19.1. The first-order valence-electron chi connectivity index (χ1n) is 9.68. The number of carbonyl (C=O) groups is 1. The number of nitrogens with one attached hydrogen (secondary N) is 2. The van der Waals surface area contributed by atoms with Crippen LogP contribution in [0.1, 0.15) is 40.8 Å². The second-order valence-corrected chi connectivity index (χ2v) is 8.58. The van der Waals surface area contributed by atoms with Crippen LogP contribution in [0, 0.1) is 6.92 Å². The molecule has 0 amide bonds. The number of aryl methyl sites for hydroxylation is 1. The van der Waals surface area contributed by atoms with Crippen LogP contribution in [0.3, 0.4) is 0 Å². The fourth-order valence-corrected chi connectivity index (χ4v) is 5.07. The summed E-state index contributed by atoms with van der Waals surface area (Å²) < 4.78 is 0. The van der Waals surface area contributed by atoms with E-state index in [9.17, 15) is 4.79 Å². The van der Waals surface area contributed by atoms with E-state index in [0.29, 0.717) is 6.42 Å². The molecule has 0 saturated carbocycles. The summed E-state index contributed by atoms with van der Waals surface area (Å²) in [5.41, 5.74) is 6.47. The van der Waals surface area contributed by atoms with Gasteiger partial charge in [-0.25, -0.2) is 0 Å². The molecule has 140 valence electrons. The predicted octanol–water partition coefficient (Wildman–Crippen LogP) is 6.04. The van der Waals surface area contributed by atoms with Gasteiger partial charge in [0.05, 0.1) is 17.4 Å². The summed E-state index contributed by atoms with van der Waals surface area (Å²) in [4.78, 5) is 14.5. The van der Waals surface area contributed by atoms with Gasteiger partial charge in [0.15, 0.2) is 5.78 Å². The third-order valence-electron chi connectivity index (χ3n) is 5.66. The van der Waals surface area contributed by atoms with Gasteiger partial charge in [-0.3, -0.25) is 4.79 Å². The number of Topliss-reactive ketones (excluding diaryl/α,β-unsaturated/α-hetero) is 1. The average Bonchev–Trinajstić information content (AvgIpc) is 3.18. The molecule has 1 aliphatic carbocycles. The van der Waals surface area contributed by atoms with E-state index in [2.05, 4.69) is 77.5 Å². The number of hydrogen-bond acceptors (Lipinski definition) is 4. The Morgan fingerprint density at radius 3 is 2.61 bits per heavy atom. The lowest BCUT2D eigenvalue weighted by Crippen LogP contribution is -2.26. The first kappa shape index (κ1) is 17.3. The van der Waals surface area contributed by atoms with Crippen molar-refractivity contribution in [2.45, 2.75) is 31.7 Å². The van der Waals surface area contributed by atoms with Crippen LogP contribution in [0.25, 0.3) is 0 Å². The van der Waals surface area contributed by atoms with Gasteiger partial charge in [0.1, 0.15) is 0 Å². The van der Waals surface area contributed by atoms with Crippen molar-refractivity contribution >= 4 is 28.5 Å². The van der Waals surface area contributed by atoms with Crippen molar-refractivity contribution in [2.24, 2.45) is 0 Å². The standard InChI is InChI=1S/C24H22N2OS/c1-15-9-10-18-19(12-15)26-24(22-8-5-11-28-22)23-20(25-18)13-17(14-21(23)27)16-6-3-2-4-7-16/h2-12,17,24-26H,13-14H2,1H3/t17-,24+/m1/s1. The molecular formula is C24H22N2OS. The van der Waals surface area contributed by atoms with Crippen LogP contribution >= 0.6 is 11.3 Å². The molecule has 0 fully saturated rings. The van der Waals surface area contributed by atoms with E-state index in [1.54, 1.807) is 11.3 Å². The van der Waals surface area contributed by atoms with Crippen LogP contribution in [0.5, 0.6) is 0 Å². The number of benzene rings is 2. The summed E-state index contributed by atoms with van der Waals surface area (Å²) in [6.07, 6.45) is 1.41. The molecule has 0 unspecified atom stereocenters. The molecule has 2 atom stereocenters. The fraction of sp³-hybridized carbons (Fsp3) is 0.208. The molecule has 0 radical (unpaired) electrons. The van der Waals surface area contributed by atoms with Crippen molar-refractivity contribution in [3.8, 4) is 0 Å². The molecule has 0 bridgehead atoms. The van der Waals surface area contributed by atoms with Gasteiger partial charge in [-0.15, -0.1) is 11.3 Å². The van der Waals surface area contributed by atoms with Crippen molar-refractivity contribution in [1.82, 2.24) is 0 Å². The van der Waals surface area contributed by atoms with Crippen LogP contribution in [-0.4, -0.2) is 5.78 Å². The number of hydrogen-bond donors (Lipinski definition) is 2. The highest BCUT2D eigenvalue weighted by atomic mass is 32.1. The molecule has 3 nitrogen and oxygen atoms in total. The van der Waals surface area contributed by atoms with E-state index < -0.39 is 0 Å². The molecule has 5 rings (SSSR count). The molecular weight excluding hydrogens is 364 g/mol. The Kier molecular flexibility index (Phi) is 4.29. The van der Waals surface area contributed by atoms with E-state index in [0.717, 1.165) is 29.1 Å². The third-order valence-corrected chi connectivity index (χ3v) is 6.59. The van der Waals surface area contributed by atoms with Gasteiger partial charge in [0.2, 0.25) is 0 Å². The summed E-state index contributed by atoms with van der Waals surface area (Å²) in [6.45, 7) is 2.09. The van der Waals surface area contributed by atoms with Crippen molar-refractivity contribution in [1.29, 1.82) is 0 Å². The third kappa shape index (κ3) is 3.04. The topological polar surface area (TPSA) is 41.1 Å². The summed E-state index contributed by atoms with van der Waals surface area (Å²) >= 11 is 1.70. The second-order valence-electron chi connectivity index (χ2n) is 7.60. The quantitative estimate of drug-likeness (QED) is 0.564. The minimum atomic E-state index is -0.102. The largest absolute Gasteiger partial charge is 0.372 e. The van der Waals surface area contributed by atoms with Gasteiger partial charge < -0.3 is 10.6 Å². The van der Waals surface area contributed by atoms with Crippen LogP contribution in [0.4, 0.5) is 11.4 Å². The minimum absolute atomic E-state index is 0.102. The van der Waals surface area contributed by atoms with Gasteiger partial charge in [0.25, 0.3) is 0 Å². The number of anilines is 2. The number of allylic oxidation sites excluding steroid dienone is 1. The molecule has 28 heavy (non-hydrogen) atoms. The van der Waals surface area contributed by atoms with E-state index in [1.807, 2.05) is 6.07 Å². The van der Waals surface area contributed by atoms with Gasteiger partial charge >= 0.3 is 0 Å². The Balaban J connectivity index is 1.61. The summed E-state index contributed by atoms with van der Waals surface area (Å²) in [7, 11) is 0. The molecule has 4 heteroatoms. The van der Waals surface area contributed by atoms with E-state index >= 15 is 0 Å². The minimum Gasteiger partial charge on any atom is -0.372 e. The number of carbonyl (C=O) groups excluding carboxylic acids is 1. The Labute approximate surface area is 169 Å². The maximum atomic E-state index is 13.4. The summed E-state index contributed by atoms with van der Waals surface area (Å²) in [6, 6.07) is 20.8. The average molecular weight is 387 g/mol. The van der Waals surface area contributed by atoms with Crippen molar-refractivity contribution in [3.63, 3.8) is 0 Å². The monoisotopic (exact) mass is 386 g/mol. The van der Waals surface area contributed by atoms with E-state index in [-0.39, 0.29) is 17.7 Å². The van der Waals surface area contributed by atoms with Gasteiger partial charge in [0, 0.05) is 22.6 Å². The van der Waals surface area contributed by atoms with Crippen LogP contribution in [0.2, 0.25) is 0 Å². The lowest BCUT2D eigenvalue weighted by molar-refractivity contribution is -0.116. The molecule has 2 heterocycles. The Bertz CT molecular complexity index is 1050. The molecule has 1 aliphatic heterocycles. The lowest BCUT2D eigenvalue weighted by Gasteiger charge is -2.29. The van der Waals surface area contributed by atoms with Crippen molar-refractivity contribution in [2.75, 3.05) is 10.6 Å². The Morgan fingerprint density at radius 1 is 0.964 bits per heavy atom. The predicted molar refractivity (Wildman–Crippen MR) is 116 cm³/mol. The lowest BCUT2D eigenvalue weighted by atomic mass is 9.79. The Morgan fingerprint density at radius 2 is 1.82 bits per heavy atom. The zero-order valence-electron chi connectivity index (χ0n) is 15.7. The van der Waals surface area contributed by atoms with E-state index in [1.165, 1.54) is 16.0 Å². The smallest absolute Gasteiger partial charge is 0.163 e. The van der Waals surface area contributed by atoms with Crippen LogP contribution < -0.4 is 10.6 Å². The Hall–Kier alpha value is -2.85. The normalized spacial score (nSPS) is 21.2. The maximum Gasteiger partial charge on any atom is 0.163 e. The number of thiophene rings is 1. The molecule has 0 spiro atoms. The highest BCUT2D eigenvalue weighted by Crippen LogP contribution is 2.45. The molecule has 3 aromatic rings. The zero-order valence-corrected chi connectivity index (χ0v) is 16.6. The fourth-order valence-electron chi connectivity index (χ4n) is 4.29. The van der Waals surface area contributed by atoms with Gasteiger partial charge in [-0.1, -0.05) is 42.5 Å². The molecule has 0 saturated heterocycles. The SMILES string of the molecule is Cc1ccc2c(c1)N[C@@H](c1cccs1)C1=C(C[C@@H](c3ccccc3)CC1=O)N2. The van der Waals surface area contributed by atoms with Gasteiger partial charge in [-0.05, 0) is 54.0 Å². The highest BCUT2D eigenvalue weighted by Gasteiger charge is 2.36. The number of rotatable bonds is 2. The second kappa shape index (κ2) is 6.95. The van der Waals surface area contributed by atoms with E-state index in [4.69, 9.17) is 0 Å². The molecule has 2 aliphatic rings. The van der Waals surface area contributed by atoms with Crippen LogP contribution in [-0.2, 0) is 4.79 Å². The van der Waals surface area contributed by atoms with Crippen molar-refractivity contribution in [3.05, 3.63) is 93.3 Å². The summed E-state index contributed by atoms with van der Waals surface area (Å²) in [5, 5.41) is 9.34. The highest BCUT2D eigenvalue weighted by molar-refractivity contribution is 7.10. The van der Waals surface area contributed by atoms with Crippen molar-refractivity contribution < 1.29 is 4.79 Å². The number of ketones is 1.